The number of methoxy groups -OCH3 is 4. The smallest absolute Gasteiger partial charge is 0.226 e. The number of aromatic hydroxyl groups is 2. The van der Waals surface area contributed by atoms with Crippen LogP contribution in [-0.4, -0.2) is 113 Å². The van der Waals surface area contributed by atoms with Gasteiger partial charge in [-0.15, -0.1) is 0 Å². The molecule has 0 saturated carbocycles. The number of amides is 2. The molecule has 12 nitrogen and oxygen atoms in total. The van der Waals surface area contributed by atoms with Gasteiger partial charge in [0, 0.05) is 63.7 Å². The Morgan fingerprint density at radius 2 is 0.821 bits per heavy atom. The van der Waals surface area contributed by atoms with Gasteiger partial charge in [-0.2, -0.15) is 0 Å². The van der Waals surface area contributed by atoms with Gasteiger partial charge in [0.1, 0.15) is 11.6 Å². The van der Waals surface area contributed by atoms with Crippen molar-refractivity contribution < 1.29 is 47.5 Å². The lowest BCUT2D eigenvalue weighted by atomic mass is 9.80. The van der Waals surface area contributed by atoms with Gasteiger partial charge < -0.3 is 48.8 Å². The van der Waals surface area contributed by atoms with Gasteiger partial charge in [-0.05, 0) is 96.8 Å². The van der Waals surface area contributed by atoms with Gasteiger partial charge in [0.2, 0.25) is 23.3 Å². The summed E-state index contributed by atoms with van der Waals surface area (Å²) in [6.45, 7) is 3.48. The number of phenolic OH excluding ortho intramolecular Hbond substituents is 2. The number of rotatable bonds is 13. The molecule has 2 amide bonds. The molecule has 56 heavy (non-hydrogen) atoms. The predicted octanol–water partition coefficient (Wildman–Crippen LogP) is 5.13. The molecule has 6 rings (SSSR count). The van der Waals surface area contributed by atoms with Crippen molar-refractivity contribution in [2.75, 3.05) is 90.6 Å². The van der Waals surface area contributed by atoms with Gasteiger partial charge in [-0.1, -0.05) is 0 Å². The Labute approximate surface area is 325 Å². The summed E-state index contributed by atoms with van der Waals surface area (Å²) in [4.78, 5) is 37.7. The number of phenols is 2. The first-order valence-electron chi connectivity index (χ1n) is 18.5. The van der Waals surface area contributed by atoms with E-state index in [2.05, 4.69) is 9.80 Å². The number of nitrogens with zero attached hydrogens (tertiary/aromatic N) is 4. The van der Waals surface area contributed by atoms with Crippen molar-refractivity contribution in [3.8, 4) is 34.5 Å². The Kier molecular flexibility index (Phi) is 12.6. The van der Waals surface area contributed by atoms with E-state index < -0.39 is 11.8 Å². The maximum absolute atomic E-state index is 15.0. The zero-order chi connectivity index (χ0) is 39.9. The highest BCUT2D eigenvalue weighted by Crippen LogP contribution is 2.41. The third-order valence-electron chi connectivity index (χ3n) is 10.7. The van der Waals surface area contributed by atoms with E-state index in [1.54, 1.807) is 58.3 Å². The molecule has 4 aromatic rings. The van der Waals surface area contributed by atoms with Crippen molar-refractivity contribution in [1.29, 1.82) is 0 Å². The molecule has 4 aromatic carbocycles. The average molecular weight is 775 g/mol. The zero-order valence-electron chi connectivity index (χ0n) is 32.0. The molecule has 2 aliphatic rings. The van der Waals surface area contributed by atoms with E-state index >= 15 is 0 Å². The van der Waals surface area contributed by atoms with Gasteiger partial charge >= 0.3 is 0 Å². The van der Waals surface area contributed by atoms with Crippen molar-refractivity contribution >= 4 is 23.2 Å². The highest BCUT2D eigenvalue weighted by molar-refractivity contribution is 5.89. The summed E-state index contributed by atoms with van der Waals surface area (Å²) in [5.41, 5.74) is 2.92. The molecule has 2 atom stereocenters. The van der Waals surface area contributed by atoms with Gasteiger partial charge in [0.05, 0.1) is 40.3 Å². The van der Waals surface area contributed by atoms with Crippen LogP contribution >= 0.6 is 0 Å². The van der Waals surface area contributed by atoms with Crippen LogP contribution in [0.5, 0.6) is 34.5 Å². The molecule has 298 valence electrons. The second-order valence-corrected chi connectivity index (χ2v) is 13.9. The number of piperazine rings is 2. The van der Waals surface area contributed by atoms with Crippen LogP contribution in [-0.2, 0) is 22.4 Å². The summed E-state index contributed by atoms with van der Waals surface area (Å²) in [7, 11) is 5.69. The summed E-state index contributed by atoms with van der Waals surface area (Å²) in [6, 6.07) is 19.0. The van der Waals surface area contributed by atoms with Crippen LogP contribution in [0.4, 0.5) is 20.2 Å². The van der Waals surface area contributed by atoms with Crippen LogP contribution in [0, 0.1) is 23.5 Å². The summed E-state index contributed by atoms with van der Waals surface area (Å²) < 4.78 is 49.2. The Morgan fingerprint density at radius 3 is 1.09 bits per heavy atom. The molecule has 0 bridgehead atoms. The minimum Gasteiger partial charge on any atom is -0.502 e. The third-order valence-corrected chi connectivity index (χ3v) is 10.7. The quantitative estimate of drug-likeness (QED) is 0.189. The first kappa shape index (κ1) is 39.8. The molecule has 2 N–H and O–H groups in total. The molecule has 0 unspecified atom stereocenters. The predicted molar refractivity (Wildman–Crippen MR) is 207 cm³/mol. The lowest BCUT2D eigenvalue weighted by molar-refractivity contribution is -0.146. The number of benzene rings is 4. The van der Waals surface area contributed by atoms with E-state index in [1.165, 1.54) is 52.7 Å². The molecule has 2 fully saturated rings. The topological polar surface area (TPSA) is 124 Å². The number of carbonyl (C=O) groups excluding carboxylic acids is 2. The fraction of sp³-hybridized carbons (Fsp3) is 0.381. The molecule has 0 radical (unpaired) electrons. The van der Waals surface area contributed by atoms with Gasteiger partial charge in [-0.25, -0.2) is 8.78 Å². The largest absolute Gasteiger partial charge is 0.502 e. The first-order chi connectivity index (χ1) is 27.0. The van der Waals surface area contributed by atoms with Gasteiger partial charge in [0.15, 0.2) is 23.0 Å². The summed E-state index contributed by atoms with van der Waals surface area (Å²) in [6.07, 6.45) is 0.199. The molecule has 0 aromatic heterocycles. The second kappa shape index (κ2) is 17.7. The van der Waals surface area contributed by atoms with Crippen molar-refractivity contribution in [2.45, 2.75) is 12.8 Å². The number of hydrogen-bond acceptors (Lipinski definition) is 10. The van der Waals surface area contributed by atoms with Crippen LogP contribution in [0.1, 0.15) is 11.1 Å². The van der Waals surface area contributed by atoms with E-state index in [0.29, 0.717) is 63.5 Å². The minimum absolute atomic E-state index is 0.0995. The van der Waals surface area contributed by atoms with Crippen molar-refractivity contribution in [1.82, 2.24) is 9.80 Å². The Bertz CT molecular complexity index is 1790. The summed E-state index contributed by atoms with van der Waals surface area (Å²) in [5, 5.41) is 21.4. The Morgan fingerprint density at radius 1 is 0.536 bits per heavy atom. The van der Waals surface area contributed by atoms with E-state index in [4.69, 9.17) is 18.9 Å². The number of carbonyl (C=O) groups is 2. The molecule has 2 heterocycles. The van der Waals surface area contributed by atoms with E-state index in [1.807, 2.05) is 0 Å². The van der Waals surface area contributed by atoms with Crippen molar-refractivity contribution in [2.24, 2.45) is 11.8 Å². The van der Waals surface area contributed by atoms with Crippen molar-refractivity contribution in [3.05, 3.63) is 95.6 Å². The maximum Gasteiger partial charge on any atom is 0.226 e. The monoisotopic (exact) mass is 774 g/mol. The molecule has 0 spiro atoms. The maximum atomic E-state index is 15.0. The lowest BCUT2D eigenvalue weighted by Gasteiger charge is -2.41. The summed E-state index contributed by atoms with van der Waals surface area (Å²) >= 11 is 0. The number of anilines is 2. The Hall–Kier alpha value is -5.92. The van der Waals surface area contributed by atoms with E-state index in [9.17, 15) is 28.6 Å². The standard InChI is InChI=1S/C42H48F2N4O8/c1-53-35-23-27(24-36(54-2)39(35)49)21-33(41(51)47-17-13-45(14-18-47)31-9-5-29(43)6-10-31)34(22-28-25-37(55-3)40(50)38(26-28)56-4)42(52)48-19-15-46(16-20-48)32-11-7-30(44)8-12-32/h5-12,23-26,33-34,49-50H,13-22H2,1-4H3/t33-,34+. The van der Waals surface area contributed by atoms with E-state index in [0.717, 1.165) is 11.4 Å². The van der Waals surface area contributed by atoms with Gasteiger partial charge in [-0.3, -0.25) is 9.59 Å². The van der Waals surface area contributed by atoms with Crippen LogP contribution in [0.15, 0.2) is 72.8 Å². The average Bonchev–Trinajstić information content (AvgIpc) is 3.23. The first-order valence-corrected chi connectivity index (χ1v) is 18.5. The highest BCUT2D eigenvalue weighted by Gasteiger charge is 2.40. The molecular formula is C42H48F2N4O8. The summed E-state index contributed by atoms with van der Waals surface area (Å²) in [5.74, 6) is -2.66. The zero-order valence-corrected chi connectivity index (χ0v) is 32.0. The highest BCUT2D eigenvalue weighted by atomic mass is 19.1. The molecular weight excluding hydrogens is 726 g/mol. The minimum atomic E-state index is -0.903. The fourth-order valence-corrected chi connectivity index (χ4v) is 7.59. The van der Waals surface area contributed by atoms with Crippen LogP contribution < -0.4 is 28.7 Å². The third kappa shape index (κ3) is 8.79. The lowest BCUT2D eigenvalue weighted by Crippen LogP contribution is -2.55. The normalized spacial score (nSPS) is 15.6. The number of hydrogen-bond donors (Lipinski definition) is 2. The number of halogens is 2. The van der Waals surface area contributed by atoms with Crippen LogP contribution in [0.25, 0.3) is 0 Å². The second-order valence-electron chi connectivity index (χ2n) is 13.9. The SMILES string of the molecule is COc1cc(C[C@H](C(=O)N2CCN(c3ccc(F)cc3)CC2)[C@@H](Cc2cc(OC)c(O)c(OC)c2)C(=O)N2CCN(c3ccc(F)cc3)CC2)cc(OC)c1O. The fourth-order valence-electron chi connectivity index (χ4n) is 7.59. The molecule has 0 aliphatic carbocycles. The molecule has 2 saturated heterocycles. The molecule has 14 heteroatoms. The van der Waals surface area contributed by atoms with Crippen molar-refractivity contribution in [3.63, 3.8) is 0 Å². The van der Waals surface area contributed by atoms with Gasteiger partial charge in [0.25, 0.3) is 0 Å². The van der Waals surface area contributed by atoms with Crippen LogP contribution in [0.3, 0.4) is 0 Å². The van der Waals surface area contributed by atoms with E-state index in [-0.39, 0.29) is 70.8 Å². The van der Waals surface area contributed by atoms with Crippen LogP contribution in [0.2, 0.25) is 0 Å². The number of ether oxygens (including phenoxy) is 4. The Balaban J connectivity index is 1.36. The molecule has 2 aliphatic heterocycles.